The Kier molecular flexibility index (Phi) is 9.94. The van der Waals surface area contributed by atoms with Crippen LogP contribution >= 0.6 is 0 Å². The summed E-state index contributed by atoms with van der Waals surface area (Å²) in [6.45, 7) is -1.87. The third-order valence-corrected chi connectivity index (χ3v) is 4.13. The molecular weight excluding hydrogens is 452 g/mol. The molecule has 0 unspecified atom stereocenters. The van der Waals surface area contributed by atoms with Crippen LogP contribution in [-0.2, 0) is 25.7 Å². The number of alkyl carbamates (subject to hydrolysis) is 1. The third kappa shape index (κ3) is 8.92. The summed E-state index contributed by atoms with van der Waals surface area (Å²) in [7, 11) is 0. The van der Waals surface area contributed by atoms with Crippen molar-refractivity contribution in [2.24, 2.45) is 0 Å². The van der Waals surface area contributed by atoms with Crippen molar-refractivity contribution in [3.63, 3.8) is 0 Å². The predicted molar refractivity (Wildman–Crippen MR) is 115 cm³/mol. The Balaban J connectivity index is 1.70. The summed E-state index contributed by atoms with van der Waals surface area (Å²) in [4.78, 5) is 57.5. The van der Waals surface area contributed by atoms with Crippen molar-refractivity contribution in [3.05, 3.63) is 70.3 Å². The highest BCUT2D eigenvalue weighted by Gasteiger charge is 2.21. The first kappa shape index (κ1) is 25.7. The third-order valence-electron chi connectivity index (χ3n) is 4.13. The van der Waals surface area contributed by atoms with Crippen molar-refractivity contribution in [1.82, 2.24) is 16.0 Å². The molecule has 0 saturated heterocycles. The van der Waals surface area contributed by atoms with Gasteiger partial charge in [0.2, 0.25) is 11.8 Å². The number of rotatable bonds is 11. The summed E-state index contributed by atoms with van der Waals surface area (Å²) in [6.07, 6.45) is -0.849. The standard InChI is InChI=1S/C21H22N4O9/c26-12-17(24-18(27)10-23-21(30)33-13-14-4-2-1-3-5-14)20(29)22-11-19(28)34-16-8-6-15(7-9-16)25(31)32/h1-9,17,26H,10-13H2,(H,22,29)(H,23,30)(H,24,27)/t17-/m0/s1. The summed E-state index contributed by atoms with van der Waals surface area (Å²) in [5.74, 6) is -2.50. The van der Waals surface area contributed by atoms with Crippen LogP contribution in [0.2, 0.25) is 0 Å². The van der Waals surface area contributed by atoms with E-state index in [2.05, 4.69) is 16.0 Å². The first-order valence-electron chi connectivity index (χ1n) is 9.86. The predicted octanol–water partition coefficient (Wildman–Crippen LogP) is 0.0199. The molecule has 0 radical (unpaired) electrons. The van der Waals surface area contributed by atoms with E-state index in [4.69, 9.17) is 9.47 Å². The minimum Gasteiger partial charge on any atom is -0.445 e. The Hall–Kier alpha value is -4.52. The van der Waals surface area contributed by atoms with Crippen LogP contribution in [0.4, 0.5) is 10.5 Å². The average molecular weight is 474 g/mol. The number of carbonyl (C=O) groups excluding carboxylic acids is 4. The number of aliphatic hydroxyl groups is 1. The summed E-state index contributed by atoms with van der Waals surface area (Å²) in [6, 6.07) is 12.2. The van der Waals surface area contributed by atoms with Gasteiger partial charge in [0.05, 0.1) is 11.5 Å². The molecule has 2 rings (SSSR count). The molecule has 0 aliphatic rings. The van der Waals surface area contributed by atoms with Gasteiger partial charge in [-0.15, -0.1) is 0 Å². The number of benzene rings is 2. The summed E-state index contributed by atoms with van der Waals surface area (Å²) >= 11 is 0. The molecule has 4 N–H and O–H groups in total. The molecule has 0 spiro atoms. The second-order valence-electron chi connectivity index (χ2n) is 6.66. The maximum Gasteiger partial charge on any atom is 0.407 e. The monoisotopic (exact) mass is 474 g/mol. The van der Waals surface area contributed by atoms with Gasteiger partial charge in [0.15, 0.2) is 0 Å². The van der Waals surface area contributed by atoms with E-state index in [-0.39, 0.29) is 18.0 Å². The van der Waals surface area contributed by atoms with Gasteiger partial charge < -0.3 is 30.5 Å². The van der Waals surface area contributed by atoms with E-state index >= 15 is 0 Å². The zero-order valence-electron chi connectivity index (χ0n) is 17.8. The van der Waals surface area contributed by atoms with Gasteiger partial charge in [-0.25, -0.2) is 9.59 Å². The minimum atomic E-state index is -1.39. The maximum atomic E-state index is 12.1. The highest BCUT2D eigenvalue weighted by atomic mass is 16.6. The van der Waals surface area contributed by atoms with Crippen LogP contribution in [0, 0.1) is 10.1 Å². The summed E-state index contributed by atoms with van der Waals surface area (Å²) < 4.78 is 9.87. The number of nitro groups is 1. The fourth-order valence-corrected chi connectivity index (χ4v) is 2.45. The van der Waals surface area contributed by atoms with Crippen LogP contribution in [0.5, 0.6) is 5.75 Å². The Morgan fingerprint density at radius 3 is 2.26 bits per heavy atom. The number of hydrogen-bond donors (Lipinski definition) is 4. The van der Waals surface area contributed by atoms with Gasteiger partial charge in [0.1, 0.15) is 31.5 Å². The molecule has 180 valence electrons. The summed E-state index contributed by atoms with van der Waals surface area (Å²) in [5, 5.41) is 26.5. The number of esters is 1. The van der Waals surface area contributed by atoms with Gasteiger partial charge in [0.25, 0.3) is 5.69 Å². The molecule has 0 heterocycles. The van der Waals surface area contributed by atoms with Crippen molar-refractivity contribution >= 4 is 29.6 Å². The number of nitrogens with one attached hydrogen (secondary N) is 3. The first-order chi connectivity index (χ1) is 16.3. The molecule has 1 atom stereocenters. The van der Waals surface area contributed by atoms with E-state index in [1.54, 1.807) is 24.3 Å². The Morgan fingerprint density at radius 1 is 0.971 bits per heavy atom. The second-order valence-corrected chi connectivity index (χ2v) is 6.66. The Bertz CT molecular complexity index is 1010. The quantitative estimate of drug-likeness (QED) is 0.151. The normalized spacial score (nSPS) is 11.0. The van der Waals surface area contributed by atoms with E-state index in [1.807, 2.05) is 6.07 Å². The molecule has 13 heteroatoms. The Labute approximate surface area is 193 Å². The van der Waals surface area contributed by atoms with Crippen LogP contribution in [0.3, 0.4) is 0 Å². The molecule has 0 saturated carbocycles. The van der Waals surface area contributed by atoms with Crippen LogP contribution < -0.4 is 20.7 Å². The average Bonchev–Trinajstić information content (AvgIpc) is 2.84. The van der Waals surface area contributed by atoms with Crippen LogP contribution in [0.15, 0.2) is 54.6 Å². The fourth-order valence-electron chi connectivity index (χ4n) is 2.45. The molecule has 0 aromatic heterocycles. The van der Waals surface area contributed by atoms with Gasteiger partial charge in [0, 0.05) is 12.1 Å². The molecule has 2 aromatic rings. The van der Waals surface area contributed by atoms with Crippen molar-refractivity contribution < 1.29 is 38.7 Å². The van der Waals surface area contributed by atoms with Gasteiger partial charge in [-0.2, -0.15) is 0 Å². The smallest absolute Gasteiger partial charge is 0.407 e. The molecule has 34 heavy (non-hydrogen) atoms. The topological polar surface area (TPSA) is 186 Å². The van der Waals surface area contributed by atoms with Gasteiger partial charge >= 0.3 is 12.1 Å². The molecular formula is C21H22N4O9. The zero-order valence-corrected chi connectivity index (χ0v) is 17.8. The van der Waals surface area contributed by atoms with E-state index < -0.39 is 54.5 Å². The Morgan fingerprint density at radius 2 is 1.65 bits per heavy atom. The largest absolute Gasteiger partial charge is 0.445 e. The lowest BCUT2D eigenvalue weighted by molar-refractivity contribution is -0.384. The summed E-state index contributed by atoms with van der Waals surface area (Å²) in [5.41, 5.74) is 0.569. The number of ether oxygens (including phenoxy) is 2. The van der Waals surface area contributed by atoms with Crippen LogP contribution in [0.25, 0.3) is 0 Å². The van der Waals surface area contributed by atoms with Gasteiger partial charge in [-0.05, 0) is 17.7 Å². The number of nitro benzene ring substituents is 1. The van der Waals surface area contributed by atoms with Crippen molar-refractivity contribution in [2.45, 2.75) is 12.6 Å². The SMILES string of the molecule is O=C(CNC(=O)OCc1ccccc1)N[C@@H](CO)C(=O)NCC(=O)Oc1ccc([N+](=O)[O-])cc1. The minimum absolute atomic E-state index is 0.00589. The molecule has 0 aliphatic carbocycles. The van der Waals surface area contributed by atoms with E-state index in [1.165, 1.54) is 12.1 Å². The number of amides is 3. The number of hydrogen-bond acceptors (Lipinski definition) is 9. The molecule has 0 fully saturated rings. The van der Waals surface area contributed by atoms with E-state index in [0.29, 0.717) is 0 Å². The number of carbonyl (C=O) groups is 4. The molecule has 2 aromatic carbocycles. The van der Waals surface area contributed by atoms with E-state index in [0.717, 1.165) is 17.7 Å². The second kappa shape index (κ2) is 13.1. The zero-order chi connectivity index (χ0) is 24.9. The van der Waals surface area contributed by atoms with Gasteiger partial charge in [-0.3, -0.25) is 19.7 Å². The van der Waals surface area contributed by atoms with Crippen LogP contribution in [0.1, 0.15) is 5.56 Å². The van der Waals surface area contributed by atoms with Gasteiger partial charge in [-0.1, -0.05) is 30.3 Å². The lowest BCUT2D eigenvalue weighted by Gasteiger charge is -2.16. The fraction of sp³-hybridized carbons (Fsp3) is 0.238. The highest BCUT2D eigenvalue weighted by molar-refractivity contribution is 5.91. The first-order valence-corrected chi connectivity index (χ1v) is 9.86. The number of non-ortho nitro benzene ring substituents is 1. The molecule has 0 bridgehead atoms. The molecule has 0 aliphatic heterocycles. The molecule has 3 amide bonds. The molecule has 13 nitrogen and oxygen atoms in total. The lowest BCUT2D eigenvalue weighted by Crippen LogP contribution is -2.52. The van der Waals surface area contributed by atoms with Crippen molar-refractivity contribution in [2.75, 3.05) is 19.7 Å². The van der Waals surface area contributed by atoms with E-state index in [9.17, 15) is 34.4 Å². The number of aliphatic hydroxyl groups excluding tert-OH is 1. The van der Waals surface area contributed by atoms with Crippen LogP contribution in [-0.4, -0.2) is 59.6 Å². The lowest BCUT2D eigenvalue weighted by atomic mass is 10.2. The highest BCUT2D eigenvalue weighted by Crippen LogP contribution is 2.17. The number of nitrogens with zero attached hydrogens (tertiary/aromatic N) is 1. The van der Waals surface area contributed by atoms with Crippen molar-refractivity contribution in [3.8, 4) is 5.75 Å². The maximum absolute atomic E-state index is 12.1. The van der Waals surface area contributed by atoms with Crippen molar-refractivity contribution in [1.29, 1.82) is 0 Å².